The number of nitrogens with zero attached hydrogens (tertiary/aromatic N) is 1. The van der Waals surface area contributed by atoms with Gasteiger partial charge in [-0.25, -0.2) is 9.37 Å². The first-order chi connectivity index (χ1) is 17.3. The summed E-state index contributed by atoms with van der Waals surface area (Å²) >= 11 is 6.00. The Labute approximate surface area is 212 Å². The molecule has 36 heavy (non-hydrogen) atoms. The highest BCUT2D eigenvalue weighted by Crippen LogP contribution is 2.32. The fraction of sp³-hybridized carbons (Fsp3) is 0.269. The maximum absolute atomic E-state index is 15.0. The fourth-order valence-corrected chi connectivity index (χ4v) is 4.55. The third-order valence-electron chi connectivity index (χ3n) is 6.35. The van der Waals surface area contributed by atoms with Gasteiger partial charge in [0.2, 0.25) is 0 Å². The number of rotatable bonds is 8. The van der Waals surface area contributed by atoms with E-state index >= 15 is 4.39 Å². The van der Waals surface area contributed by atoms with Crippen LogP contribution in [0.2, 0.25) is 5.02 Å². The highest BCUT2D eigenvalue weighted by Gasteiger charge is 2.30. The lowest BCUT2D eigenvalue weighted by atomic mass is 9.93. The number of carbonyl (C=O) groups is 2. The Morgan fingerprint density at radius 3 is 2.72 bits per heavy atom. The second-order valence-electron chi connectivity index (χ2n) is 8.68. The number of carbonyl (C=O) groups excluding carboxylic acids is 2. The summed E-state index contributed by atoms with van der Waals surface area (Å²) in [7, 11) is 0. The zero-order chi connectivity index (χ0) is 25.8. The molecule has 3 atom stereocenters. The van der Waals surface area contributed by atoms with Gasteiger partial charge in [0.25, 0.3) is 5.91 Å². The largest absolute Gasteiger partial charge is 0.394 e. The quantitative estimate of drug-likeness (QED) is 0.313. The number of Topliss-reactive ketones (excluding diaryl/α,β-unsaturated/α-hetero) is 1. The SMILES string of the molecule is Nc1ncc([C@@H]2CN[C@H](C(=O)CO)C2)cc1-c1ccc(C(=O)N[C@H](CO)c2cccc(Cl)c2)c(F)c1. The Morgan fingerprint density at radius 1 is 1.22 bits per heavy atom. The molecule has 0 aliphatic carbocycles. The molecule has 188 valence electrons. The number of anilines is 1. The number of aliphatic hydroxyl groups is 2. The second kappa shape index (κ2) is 11.1. The van der Waals surface area contributed by atoms with Gasteiger partial charge in [-0.15, -0.1) is 0 Å². The summed E-state index contributed by atoms with van der Waals surface area (Å²) in [6, 6.07) is 11.5. The number of amides is 1. The van der Waals surface area contributed by atoms with Gasteiger partial charge in [0.15, 0.2) is 5.78 Å². The van der Waals surface area contributed by atoms with Crippen LogP contribution < -0.4 is 16.4 Å². The molecule has 1 saturated heterocycles. The Morgan fingerprint density at radius 2 is 2.03 bits per heavy atom. The smallest absolute Gasteiger partial charge is 0.254 e. The molecule has 3 aromatic rings. The van der Waals surface area contributed by atoms with Crippen LogP contribution in [0.5, 0.6) is 0 Å². The van der Waals surface area contributed by atoms with E-state index in [0.717, 1.165) is 5.56 Å². The van der Waals surface area contributed by atoms with Gasteiger partial charge < -0.3 is 26.6 Å². The second-order valence-corrected chi connectivity index (χ2v) is 9.11. The summed E-state index contributed by atoms with van der Waals surface area (Å²) in [5.74, 6) is -1.53. The lowest BCUT2D eigenvalue weighted by Crippen LogP contribution is -2.32. The molecular weight excluding hydrogens is 487 g/mol. The molecule has 6 N–H and O–H groups in total. The Balaban J connectivity index is 1.54. The van der Waals surface area contributed by atoms with Gasteiger partial charge in [0, 0.05) is 23.3 Å². The molecule has 0 spiro atoms. The molecule has 4 rings (SSSR count). The predicted octanol–water partition coefficient (Wildman–Crippen LogP) is 2.59. The summed E-state index contributed by atoms with van der Waals surface area (Å²) in [4.78, 5) is 28.8. The number of nitrogen functional groups attached to an aromatic ring is 1. The fourth-order valence-electron chi connectivity index (χ4n) is 4.35. The van der Waals surface area contributed by atoms with E-state index < -0.39 is 30.4 Å². The van der Waals surface area contributed by atoms with Crippen molar-refractivity contribution in [1.82, 2.24) is 15.6 Å². The van der Waals surface area contributed by atoms with Crippen molar-refractivity contribution in [3.8, 4) is 11.1 Å². The lowest BCUT2D eigenvalue weighted by molar-refractivity contribution is -0.123. The van der Waals surface area contributed by atoms with Gasteiger partial charge in [-0.3, -0.25) is 9.59 Å². The van der Waals surface area contributed by atoms with Crippen molar-refractivity contribution in [2.24, 2.45) is 0 Å². The van der Waals surface area contributed by atoms with Crippen LogP contribution in [0, 0.1) is 5.82 Å². The third kappa shape index (κ3) is 5.55. The highest BCUT2D eigenvalue weighted by molar-refractivity contribution is 6.30. The van der Waals surface area contributed by atoms with E-state index in [1.165, 1.54) is 12.1 Å². The van der Waals surface area contributed by atoms with Crippen LogP contribution >= 0.6 is 11.6 Å². The number of aromatic nitrogens is 1. The van der Waals surface area contributed by atoms with Crippen molar-refractivity contribution in [3.05, 3.63) is 82.3 Å². The number of hydrogen-bond acceptors (Lipinski definition) is 7. The molecule has 1 fully saturated rings. The zero-order valence-corrected chi connectivity index (χ0v) is 20.0. The van der Waals surface area contributed by atoms with Gasteiger partial charge in [0.05, 0.1) is 24.3 Å². The normalized spacial score (nSPS) is 18.1. The van der Waals surface area contributed by atoms with Crippen molar-refractivity contribution in [1.29, 1.82) is 0 Å². The number of hydrogen-bond donors (Lipinski definition) is 5. The third-order valence-corrected chi connectivity index (χ3v) is 6.59. The number of benzene rings is 2. The minimum Gasteiger partial charge on any atom is -0.394 e. The molecule has 2 heterocycles. The summed E-state index contributed by atoms with van der Waals surface area (Å²) < 4.78 is 15.0. The van der Waals surface area contributed by atoms with E-state index in [0.29, 0.717) is 34.7 Å². The summed E-state index contributed by atoms with van der Waals surface area (Å²) in [6.45, 7) is -0.373. The van der Waals surface area contributed by atoms with E-state index in [1.807, 2.05) is 0 Å². The van der Waals surface area contributed by atoms with Crippen molar-refractivity contribution in [2.45, 2.75) is 24.4 Å². The summed E-state index contributed by atoms with van der Waals surface area (Å²) in [5, 5.41) is 25.0. The zero-order valence-electron chi connectivity index (χ0n) is 19.2. The van der Waals surface area contributed by atoms with Crippen LogP contribution in [0.25, 0.3) is 11.1 Å². The van der Waals surface area contributed by atoms with Crippen molar-refractivity contribution in [3.63, 3.8) is 0 Å². The first kappa shape index (κ1) is 25.7. The van der Waals surface area contributed by atoms with Gasteiger partial charge in [0.1, 0.15) is 18.2 Å². The number of nitrogens with two attached hydrogens (primary N) is 1. The number of pyridine rings is 1. The lowest BCUT2D eigenvalue weighted by Gasteiger charge is -2.18. The molecule has 0 saturated carbocycles. The van der Waals surface area contributed by atoms with Gasteiger partial charge in [-0.2, -0.15) is 0 Å². The number of aliphatic hydroxyl groups excluding tert-OH is 2. The average molecular weight is 513 g/mol. The van der Waals surface area contributed by atoms with Crippen LogP contribution in [-0.4, -0.2) is 52.7 Å². The Bertz CT molecular complexity index is 1290. The Hall–Kier alpha value is -3.37. The monoisotopic (exact) mass is 512 g/mol. The van der Waals surface area contributed by atoms with E-state index in [1.54, 1.807) is 42.6 Å². The standard InChI is InChI=1S/C26H26ClFN4O4/c27-18-3-1-2-15(6-18)23(12-33)32-26(36)19-5-4-14(8-21(19)28)20-7-16(11-31-25(20)29)17-9-22(30-10-17)24(35)13-34/h1-8,11,17,22-23,30,33-34H,9-10,12-13H2,(H2,29,31)(H,32,36)/t17-,22-,23+/m0/s1. The molecular formula is C26H26ClFN4O4. The minimum atomic E-state index is -0.756. The molecule has 1 aliphatic rings. The molecule has 0 unspecified atom stereocenters. The average Bonchev–Trinajstić information content (AvgIpc) is 3.37. The summed E-state index contributed by atoms with van der Waals surface area (Å²) in [6.07, 6.45) is 2.14. The van der Waals surface area contributed by atoms with Gasteiger partial charge in [-0.1, -0.05) is 29.8 Å². The van der Waals surface area contributed by atoms with Crippen LogP contribution in [0.15, 0.2) is 54.7 Å². The number of ketones is 1. The predicted molar refractivity (Wildman–Crippen MR) is 134 cm³/mol. The van der Waals surface area contributed by atoms with Gasteiger partial charge in [-0.05, 0) is 59.4 Å². The van der Waals surface area contributed by atoms with E-state index in [4.69, 9.17) is 22.4 Å². The number of nitrogens with one attached hydrogen (secondary N) is 2. The molecule has 2 aromatic carbocycles. The Kier molecular flexibility index (Phi) is 7.95. The summed E-state index contributed by atoms with van der Waals surface area (Å²) in [5.41, 5.74) is 8.25. The molecule has 8 nitrogen and oxygen atoms in total. The topological polar surface area (TPSA) is 138 Å². The number of halogens is 2. The molecule has 0 radical (unpaired) electrons. The van der Waals surface area contributed by atoms with Crippen LogP contribution in [0.3, 0.4) is 0 Å². The van der Waals surface area contributed by atoms with Crippen LogP contribution in [0.4, 0.5) is 10.2 Å². The molecule has 10 heteroatoms. The van der Waals surface area contributed by atoms with E-state index in [-0.39, 0.29) is 29.7 Å². The maximum Gasteiger partial charge on any atom is 0.254 e. The molecule has 1 amide bonds. The minimum absolute atomic E-state index is 0.0193. The highest BCUT2D eigenvalue weighted by atomic mass is 35.5. The van der Waals surface area contributed by atoms with E-state index in [9.17, 15) is 14.7 Å². The first-order valence-corrected chi connectivity index (χ1v) is 11.8. The molecule has 1 aromatic heterocycles. The first-order valence-electron chi connectivity index (χ1n) is 11.4. The maximum atomic E-state index is 15.0. The van der Waals surface area contributed by atoms with Crippen molar-refractivity contribution >= 4 is 29.1 Å². The van der Waals surface area contributed by atoms with E-state index in [2.05, 4.69) is 15.6 Å². The van der Waals surface area contributed by atoms with Crippen molar-refractivity contribution in [2.75, 3.05) is 25.5 Å². The van der Waals surface area contributed by atoms with Crippen LogP contribution in [0.1, 0.15) is 39.9 Å². The molecule has 0 bridgehead atoms. The van der Waals surface area contributed by atoms with Gasteiger partial charge >= 0.3 is 0 Å². The van der Waals surface area contributed by atoms with Crippen LogP contribution in [-0.2, 0) is 4.79 Å². The molecule has 1 aliphatic heterocycles. The van der Waals surface area contributed by atoms with Crippen molar-refractivity contribution < 1.29 is 24.2 Å².